The number of carbonyl (C=O) groups excluding carboxylic acids is 1. The van der Waals surface area contributed by atoms with Gasteiger partial charge in [0, 0.05) is 31.2 Å². The molecule has 4 heterocycles. The summed E-state index contributed by atoms with van der Waals surface area (Å²) >= 11 is 0. The highest BCUT2D eigenvalue weighted by Crippen LogP contribution is 2.30. The van der Waals surface area contributed by atoms with Crippen molar-refractivity contribution in [2.45, 2.75) is 40.2 Å². The van der Waals surface area contributed by atoms with Crippen molar-refractivity contribution in [1.29, 1.82) is 0 Å². The van der Waals surface area contributed by atoms with E-state index in [1.807, 2.05) is 35.6 Å². The molecule has 1 N–H and O–H groups in total. The SMILES string of the molecule is Cc1cc(-c2cc(C(=O)N3CCCNCC3)c3cnn(C(C)C)c3n2)c(C)o1. The summed E-state index contributed by atoms with van der Waals surface area (Å²) in [5, 5.41) is 8.67. The lowest BCUT2D eigenvalue weighted by Crippen LogP contribution is -2.34. The molecule has 1 fully saturated rings. The molecule has 4 rings (SSSR count). The molecule has 7 heteroatoms. The van der Waals surface area contributed by atoms with Crippen LogP contribution in [0.2, 0.25) is 0 Å². The number of hydrogen-bond acceptors (Lipinski definition) is 5. The van der Waals surface area contributed by atoms with Gasteiger partial charge in [0.15, 0.2) is 5.65 Å². The summed E-state index contributed by atoms with van der Waals surface area (Å²) in [5.41, 5.74) is 3.07. The Labute approximate surface area is 164 Å². The average Bonchev–Trinajstić information content (AvgIpc) is 3.11. The van der Waals surface area contributed by atoms with Gasteiger partial charge in [-0.25, -0.2) is 9.67 Å². The minimum Gasteiger partial charge on any atom is -0.466 e. The Hall–Kier alpha value is -2.67. The van der Waals surface area contributed by atoms with E-state index in [0.29, 0.717) is 12.1 Å². The van der Waals surface area contributed by atoms with Gasteiger partial charge in [0.05, 0.1) is 22.8 Å². The van der Waals surface area contributed by atoms with E-state index in [0.717, 1.165) is 59.9 Å². The van der Waals surface area contributed by atoms with Crippen LogP contribution in [0.15, 0.2) is 22.7 Å². The summed E-state index contributed by atoms with van der Waals surface area (Å²) in [5.74, 6) is 1.68. The molecule has 0 bridgehead atoms. The van der Waals surface area contributed by atoms with Crippen molar-refractivity contribution in [2.24, 2.45) is 0 Å². The Balaban J connectivity index is 1.88. The zero-order valence-corrected chi connectivity index (χ0v) is 17.0. The Kier molecular flexibility index (Phi) is 4.93. The van der Waals surface area contributed by atoms with Crippen molar-refractivity contribution in [3.63, 3.8) is 0 Å². The number of fused-ring (bicyclic) bond motifs is 1. The molecule has 1 aliphatic heterocycles. The van der Waals surface area contributed by atoms with E-state index in [9.17, 15) is 4.79 Å². The van der Waals surface area contributed by atoms with Crippen molar-refractivity contribution in [3.05, 3.63) is 35.4 Å². The molecule has 0 radical (unpaired) electrons. The second-order valence-electron chi connectivity index (χ2n) is 7.70. The van der Waals surface area contributed by atoms with Crippen LogP contribution < -0.4 is 5.32 Å². The summed E-state index contributed by atoms with van der Waals surface area (Å²) in [4.78, 5) is 20.2. The third kappa shape index (κ3) is 3.30. The summed E-state index contributed by atoms with van der Waals surface area (Å²) in [7, 11) is 0. The van der Waals surface area contributed by atoms with Gasteiger partial charge in [-0.15, -0.1) is 0 Å². The standard InChI is InChI=1S/C21H27N5O2/c1-13(2)26-20-18(12-23-26)17(21(27)25-8-5-6-22-7-9-25)11-19(24-20)16-10-14(3)28-15(16)4/h10-13,22H,5-9H2,1-4H3. The molecule has 3 aromatic rings. The molecule has 0 unspecified atom stereocenters. The normalized spacial score (nSPS) is 15.4. The van der Waals surface area contributed by atoms with Crippen LogP contribution in [0.4, 0.5) is 0 Å². The van der Waals surface area contributed by atoms with Crippen LogP contribution in [-0.4, -0.2) is 51.8 Å². The fraction of sp³-hybridized carbons (Fsp3) is 0.476. The molecule has 7 nitrogen and oxygen atoms in total. The highest BCUT2D eigenvalue weighted by molar-refractivity contribution is 6.06. The van der Waals surface area contributed by atoms with Crippen LogP contribution >= 0.6 is 0 Å². The smallest absolute Gasteiger partial charge is 0.254 e. The van der Waals surface area contributed by atoms with Crippen LogP contribution in [-0.2, 0) is 0 Å². The van der Waals surface area contributed by atoms with Gasteiger partial charge in [0.25, 0.3) is 5.91 Å². The van der Waals surface area contributed by atoms with Crippen molar-refractivity contribution >= 4 is 16.9 Å². The molecular weight excluding hydrogens is 354 g/mol. The van der Waals surface area contributed by atoms with E-state index >= 15 is 0 Å². The van der Waals surface area contributed by atoms with E-state index in [-0.39, 0.29) is 11.9 Å². The van der Waals surface area contributed by atoms with Gasteiger partial charge in [0.2, 0.25) is 0 Å². The summed E-state index contributed by atoms with van der Waals surface area (Å²) in [6.07, 6.45) is 2.72. The first kappa shape index (κ1) is 18.7. The third-order valence-electron chi connectivity index (χ3n) is 5.23. The maximum absolute atomic E-state index is 13.4. The number of rotatable bonds is 3. The van der Waals surface area contributed by atoms with E-state index in [2.05, 4.69) is 24.3 Å². The lowest BCUT2D eigenvalue weighted by atomic mass is 10.1. The highest BCUT2D eigenvalue weighted by Gasteiger charge is 2.24. The Morgan fingerprint density at radius 3 is 2.75 bits per heavy atom. The molecule has 0 saturated carbocycles. The van der Waals surface area contributed by atoms with Crippen molar-refractivity contribution < 1.29 is 9.21 Å². The Morgan fingerprint density at radius 1 is 1.21 bits per heavy atom. The molecular formula is C21H27N5O2. The van der Waals surface area contributed by atoms with Gasteiger partial charge in [-0.3, -0.25) is 4.79 Å². The largest absolute Gasteiger partial charge is 0.466 e. The monoisotopic (exact) mass is 381 g/mol. The van der Waals surface area contributed by atoms with Gasteiger partial charge in [-0.05, 0) is 52.8 Å². The second kappa shape index (κ2) is 7.39. The maximum atomic E-state index is 13.4. The lowest BCUT2D eigenvalue weighted by Gasteiger charge is -2.21. The number of furan rings is 1. The molecule has 1 amide bonds. The predicted molar refractivity (Wildman–Crippen MR) is 108 cm³/mol. The molecule has 0 atom stereocenters. The van der Waals surface area contributed by atoms with E-state index in [1.54, 1.807) is 6.20 Å². The first-order chi connectivity index (χ1) is 13.5. The first-order valence-electron chi connectivity index (χ1n) is 9.91. The number of amides is 1. The summed E-state index contributed by atoms with van der Waals surface area (Å²) in [6.45, 7) is 11.2. The number of carbonyl (C=O) groups is 1. The topological polar surface area (TPSA) is 76.2 Å². The Bertz CT molecular complexity index is 1010. The van der Waals surface area contributed by atoms with Gasteiger partial charge >= 0.3 is 0 Å². The zero-order chi connectivity index (χ0) is 19.8. The van der Waals surface area contributed by atoms with E-state index < -0.39 is 0 Å². The van der Waals surface area contributed by atoms with Crippen molar-refractivity contribution in [3.8, 4) is 11.3 Å². The molecule has 0 spiro atoms. The van der Waals surface area contributed by atoms with Crippen LogP contribution in [0.3, 0.4) is 0 Å². The highest BCUT2D eigenvalue weighted by atomic mass is 16.3. The van der Waals surface area contributed by atoms with Gasteiger partial charge in [-0.1, -0.05) is 0 Å². The molecule has 3 aromatic heterocycles. The third-order valence-corrected chi connectivity index (χ3v) is 5.23. The fourth-order valence-electron chi connectivity index (χ4n) is 3.82. The lowest BCUT2D eigenvalue weighted by molar-refractivity contribution is 0.0768. The maximum Gasteiger partial charge on any atom is 0.254 e. The minimum atomic E-state index is 0.0403. The number of pyridine rings is 1. The van der Waals surface area contributed by atoms with Gasteiger partial charge < -0.3 is 14.6 Å². The summed E-state index contributed by atoms with van der Waals surface area (Å²) < 4.78 is 7.58. The van der Waals surface area contributed by atoms with Crippen LogP contribution in [0.25, 0.3) is 22.3 Å². The van der Waals surface area contributed by atoms with Crippen LogP contribution in [0, 0.1) is 13.8 Å². The van der Waals surface area contributed by atoms with Crippen LogP contribution in [0.5, 0.6) is 0 Å². The number of aromatic nitrogens is 3. The number of nitrogens with zero attached hydrogens (tertiary/aromatic N) is 4. The fourth-order valence-corrected chi connectivity index (χ4v) is 3.82. The zero-order valence-electron chi connectivity index (χ0n) is 17.0. The van der Waals surface area contributed by atoms with E-state index in [1.165, 1.54) is 0 Å². The first-order valence-corrected chi connectivity index (χ1v) is 9.91. The molecule has 1 saturated heterocycles. The van der Waals surface area contributed by atoms with Crippen LogP contribution in [0.1, 0.15) is 48.2 Å². The Morgan fingerprint density at radius 2 is 2.04 bits per heavy atom. The number of aryl methyl sites for hydroxylation is 2. The van der Waals surface area contributed by atoms with Crippen molar-refractivity contribution in [2.75, 3.05) is 26.2 Å². The quantitative estimate of drug-likeness (QED) is 0.753. The molecule has 28 heavy (non-hydrogen) atoms. The molecule has 148 valence electrons. The van der Waals surface area contributed by atoms with Gasteiger partial charge in [-0.2, -0.15) is 5.10 Å². The van der Waals surface area contributed by atoms with Crippen molar-refractivity contribution in [1.82, 2.24) is 25.0 Å². The number of nitrogens with one attached hydrogen (secondary N) is 1. The predicted octanol–water partition coefficient (Wildman–Crippen LogP) is 3.32. The van der Waals surface area contributed by atoms with E-state index in [4.69, 9.17) is 9.40 Å². The molecule has 0 aliphatic carbocycles. The molecule has 1 aliphatic rings. The average molecular weight is 381 g/mol. The second-order valence-corrected chi connectivity index (χ2v) is 7.70. The van der Waals surface area contributed by atoms with Gasteiger partial charge in [0.1, 0.15) is 11.5 Å². The molecule has 0 aromatic carbocycles. The number of hydrogen-bond donors (Lipinski definition) is 1. The summed E-state index contributed by atoms with van der Waals surface area (Å²) in [6, 6.07) is 4.02. The minimum absolute atomic E-state index is 0.0403.